The van der Waals surface area contributed by atoms with Crippen molar-refractivity contribution >= 4 is 21.6 Å². The van der Waals surface area contributed by atoms with Crippen LogP contribution in [0.5, 0.6) is 0 Å². The Balaban J connectivity index is 2.34. The highest BCUT2D eigenvalue weighted by Gasteiger charge is 2.18. The predicted octanol–water partition coefficient (Wildman–Crippen LogP) is 2.40. The number of carbonyl (C=O) groups is 1. The molecule has 1 amide bonds. The van der Waals surface area contributed by atoms with Gasteiger partial charge in [-0.2, -0.15) is 0 Å². The molecule has 0 bridgehead atoms. The van der Waals surface area contributed by atoms with Crippen molar-refractivity contribution in [2.45, 2.75) is 18.7 Å². The second kappa shape index (κ2) is 6.80. The van der Waals surface area contributed by atoms with E-state index in [0.29, 0.717) is 11.3 Å². The van der Waals surface area contributed by atoms with Crippen LogP contribution in [0.4, 0.5) is 5.69 Å². The quantitative estimate of drug-likeness (QED) is 0.822. The number of amides is 1. The van der Waals surface area contributed by atoms with E-state index in [0.717, 1.165) is 5.56 Å². The average Bonchev–Trinajstić information content (AvgIpc) is 2.50. The summed E-state index contributed by atoms with van der Waals surface area (Å²) in [4.78, 5) is 16.5. The molecule has 0 fully saturated rings. The second-order valence-corrected chi connectivity index (χ2v) is 6.77. The maximum absolute atomic E-state index is 12.5. The molecular weight excluding hydrogens is 316 g/mol. The lowest BCUT2D eigenvalue weighted by molar-refractivity contribution is 0.0537. The van der Waals surface area contributed by atoms with Crippen LogP contribution in [0.25, 0.3) is 0 Å². The Morgan fingerprint density at radius 1 is 1.04 bits per heavy atom. The fourth-order valence-corrected chi connectivity index (χ4v) is 3.08. The minimum Gasteiger partial charge on any atom is -0.280 e. The number of aryl methyl sites for hydroxylation is 2. The molecule has 2 rings (SSSR count). The summed E-state index contributed by atoms with van der Waals surface area (Å²) in [7, 11) is -2.47. The second-order valence-electron chi connectivity index (χ2n) is 5.08. The van der Waals surface area contributed by atoms with E-state index in [1.807, 2.05) is 19.1 Å². The lowest BCUT2D eigenvalue weighted by atomic mass is 10.1. The van der Waals surface area contributed by atoms with Gasteiger partial charge in [-0.1, -0.05) is 23.8 Å². The molecule has 0 aliphatic rings. The lowest BCUT2D eigenvalue weighted by Gasteiger charge is -2.11. The Labute approximate surface area is 135 Å². The van der Waals surface area contributed by atoms with Crippen molar-refractivity contribution in [1.82, 2.24) is 5.48 Å². The van der Waals surface area contributed by atoms with Gasteiger partial charge in [0, 0.05) is 11.3 Å². The van der Waals surface area contributed by atoms with Crippen molar-refractivity contribution in [2.75, 3.05) is 11.8 Å². The number of hydrogen-bond donors (Lipinski definition) is 2. The first-order chi connectivity index (χ1) is 10.8. The zero-order valence-electron chi connectivity index (χ0n) is 13.1. The summed E-state index contributed by atoms with van der Waals surface area (Å²) in [5.74, 6) is -0.502. The topological polar surface area (TPSA) is 84.5 Å². The van der Waals surface area contributed by atoms with Crippen LogP contribution in [-0.4, -0.2) is 21.4 Å². The third-order valence-corrected chi connectivity index (χ3v) is 4.64. The molecule has 0 aliphatic heterocycles. The summed E-state index contributed by atoms with van der Waals surface area (Å²) in [6.07, 6.45) is 0. The van der Waals surface area contributed by atoms with Crippen molar-refractivity contribution in [3.63, 3.8) is 0 Å². The highest BCUT2D eigenvalue weighted by molar-refractivity contribution is 7.92. The molecule has 6 nitrogen and oxygen atoms in total. The molecule has 0 heterocycles. The molecule has 2 N–H and O–H groups in total. The average molecular weight is 334 g/mol. The van der Waals surface area contributed by atoms with Crippen LogP contribution in [0, 0.1) is 13.8 Å². The van der Waals surface area contributed by atoms with Crippen LogP contribution in [0.15, 0.2) is 47.4 Å². The van der Waals surface area contributed by atoms with Gasteiger partial charge in [0.25, 0.3) is 15.9 Å². The summed E-state index contributed by atoms with van der Waals surface area (Å²) in [6, 6.07) is 11.3. The number of hydrogen-bond acceptors (Lipinski definition) is 4. The molecule has 0 atom stereocenters. The largest absolute Gasteiger partial charge is 0.280 e. The molecule has 0 radical (unpaired) electrons. The summed E-state index contributed by atoms with van der Waals surface area (Å²) in [5, 5.41) is 0. The first-order valence-electron chi connectivity index (χ1n) is 6.87. The minimum atomic E-state index is -3.78. The molecule has 2 aromatic rings. The minimum absolute atomic E-state index is 0.00456. The van der Waals surface area contributed by atoms with Crippen LogP contribution in [0.1, 0.15) is 21.5 Å². The van der Waals surface area contributed by atoms with E-state index in [2.05, 4.69) is 15.0 Å². The molecule has 2 aromatic carbocycles. The molecular formula is C16H18N2O4S. The van der Waals surface area contributed by atoms with E-state index in [-0.39, 0.29) is 10.5 Å². The van der Waals surface area contributed by atoms with Crippen molar-refractivity contribution < 1.29 is 18.0 Å². The van der Waals surface area contributed by atoms with Crippen LogP contribution >= 0.6 is 0 Å². The molecule has 7 heteroatoms. The fraction of sp³-hybridized carbons (Fsp3) is 0.188. The highest BCUT2D eigenvalue weighted by atomic mass is 32.2. The number of nitrogens with one attached hydrogen (secondary N) is 2. The van der Waals surface area contributed by atoms with E-state index >= 15 is 0 Å². The monoisotopic (exact) mass is 334 g/mol. The standard InChI is InChI=1S/C16H18N2O4S/c1-11-4-7-13(8-5-11)18-23(20,21)14-9-6-12(2)15(10-14)16(19)17-22-3/h4-10,18H,1-3H3,(H,17,19). The third-order valence-electron chi connectivity index (χ3n) is 3.26. The van der Waals surface area contributed by atoms with Crippen LogP contribution in [0.2, 0.25) is 0 Å². The Morgan fingerprint density at radius 3 is 2.30 bits per heavy atom. The van der Waals surface area contributed by atoms with Crippen LogP contribution < -0.4 is 10.2 Å². The van der Waals surface area contributed by atoms with Crippen LogP contribution in [0.3, 0.4) is 0 Å². The van der Waals surface area contributed by atoms with Gasteiger partial charge in [0.05, 0.1) is 12.0 Å². The molecule has 122 valence electrons. The SMILES string of the molecule is CONC(=O)c1cc(S(=O)(=O)Nc2ccc(C)cc2)ccc1C. The number of hydroxylamine groups is 1. The first kappa shape index (κ1) is 17.0. The van der Waals surface area contributed by atoms with E-state index < -0.39 is 15.9 Å². The van der Waals surface area contributed by atoms with Gasteiger partial charge in [-0.25, -0.2) is 13.9 Å². The van der Waals surface area contributed by atoms with Gasteiger partial charge in [0.2, 0.25) is 0 Å². The van der Waals surface area contributed by atoms with Gasteiger partial charge in [-0.3, -0.25) is 14.4 Å². The molecule has 0 spiro atoms. The van der Waals surface area contributed by atoms with E-state index in [9.17, 15) is 13.2 Å². The maximum atomic E-state index is 12.5. The number of anilines is 1. The zero-order valence-corrected chi connectivity index (χ0v) is 13.9. The van der Waals surface area contributed by atoms with Crippen LogP contribution in [-0.2, 0) is 14.9 Å². The van der Waals surface area contributed by atoms with E-state index in [1.165, 1.54) is 19.2 Å². The van der Waals surface area contributed by atoms with Crippen molar-refractivity contribution in [3.8, 4) is 0 Å². The van der Waals surface area contributed by atoms with Gasteiger partial charge in [-0.15, -0.1) is 0 Å². The molecule has 0 aromatic heterocycles. The predicted molar refractivity (Wildman–Crippen MR) is 87.6 cm³/mol. The number of benzene rings is 2. The van der Waals surface area contributed by atoms with Crippen molar-refractivity contribution in [2.24, 2.45) is 0 Å². The van der Waals surface area contributed by atoms with Gasteiger partial charge in [0.1, 0.15) is 0 Å². The van der Waals surface area contributed by atoms with Gasteiger partial charge >= 0.3 is 0 Å². The summed E-state index contributed by atoms with van der Waals surface area (Å²) >= 11 is 0. The van der Waals surface area contributed by atoms with Gasteiger partial charge < -0.3 is 0 Å². The Hall–Kier alpha value is -2.38. The number of carbonyl (C=O) groups excluding carboxylic acids is 1. The molecule has 0 unspecified atom stereocenters. The molecule has 0 saturated carbocycles. The maximum Gasteiger partial charge on any atom is 0.275 e. The summed E-state index contributed by atoms with van der Waals surface area (Å²) in [5.41, 5.74) is 4.55. The third kappa shape index (κ3) is 4.08. The zero-order chi connectivity index (χ0) is 17.0. The normalized spacial score (nSPS) is 11.1. The first-order valence-corrected chi connectivity index (χ1v) is 8.35. The smallest absolute Gasteiger partial charge is 0.275 e. The molecule has 0 saturated heterocycles. The Morgan fingerprint density at radius 2 is 1.70 bits per heavy atom. The molecule has 0 aliphatic carbocycles. The van der Waals surface area contributed by atoms with Crippen molar-refractivity contribution in [1.29, 1.82) is 0 Å². The van der Waals surface area contributed by atoms with Gasteiger partial charge in [-0.05, 0) is 43.7 Å². The summed E-state index contributed by atoms with van der Waals surface area (Å²) in [6.45, 7) is 3.63. The van der Waals surface area contributed by atoms with Gasteiger partial charge in [0.15, 0.2) is 0 Å². The Kier molecular flexibility index (Phi) is 5.02. The van der Waals surface area contributed by atoms with E-state index in [4.69, 9.17) is 0 Å². The lowest BCUT2D eigenvalue weighted by Crippen LogP contribution is -2.23. The van der Waals surface area contributed by atoms with E-state index in [1.54, 1.807) is 25.1 Å². The Bertz CT molecular complexity index is 814. The highest BCUT2D eigenvalue weighted by Crippen LogP contribution is 2.19. The summed E-state index contributed by atoms with van der Waals surface area (Å²) < 4.78 is 27.4. The molecule has 23 heavy (non-hydrogen) atoms. The number of rotatable bonds is 5. The number of sulfonamides is 1. The van der Waals surface area contributed by atoms with Crippen molar-refractivity contribution in [3.05, 3.63) is 59.2 Å². The fourth-order valence-electron chi connectivity index (χ4n) is 2.00.